The van der Waals surface area contributed by atoms with Crippen molar-refractivity contribution < 1.29 is 18.0 Å². The molecule has 0 spiro atoms. The summed E-state index contributed by atoms with van der Waals surface area (Å²) < 4.78 is 27.6. The van der Waals surface area contributed by atoms with Crippen LogP contribution in [0.4, 0.5) is 5.13 Å². The first-order chi connectivity index (χ1) is 13.2. The monoisotopic (exact) mass is 442 g/mol. The van der Waals surface area contributed by atoms with Crippen LogP contribution in [-0.4, -0.2) is 41.8 Å². The molecule has 150 valence electrons. The van der Waals surface area contributed by atoms with E-state index in [-0.39, 0.29) is 21.7 Å². The lowest BCUT2D eigenvalue weighted by molar-refractivity contribution is -0.110. The molecule has 1 heterocycles. The van der Waals surface area contributed by atoms with Gasteiger partial charge in [0.2, 0.25) is 5.13 Å². The maximum absolute atomic E-state index is 12.8. The fraction of sp³-hybridized carbons (Fsp3) is 0.412. The number of benzene rings is 1. The van der Waals surface area contributed by atoms with Crippen LogP contribution in [0.5, 0.6) is 0 Å². The molecule has 8 nitrogen and oxygen atoms in total. The van der Waals surface area contributed by atoms with E-state index in [1.165, 1.54) is 18.2 Å². The van der Waals surface area contributed by atoms with Crippen molar-refractivity contribution >= 4 is 49.7 Å². The lowest BCUT2D eigenvalue weighted by Gasteiger charge is -2.11. The number of sulfone groups is 1. The van der Waals surface area contributed by atoms with Gasteiger partial charge in [-0.2, -0.15) is 4.37 Å². The first-order valence-electron chi connectivity index (χ1n) is 8.59. The summed E-state index contributed by atoms with van der Waals surface area (Å²) in [6.45, 7) is 1.72. The fourth-order valence-corrected chi connectivity index (χ4v) is 4.70. The van der Waals surface area contributed by atoms with E-state index in [0.717, 1.165) is 43.5 Å². The van der Waals surface area contributed by atoms with Gasteiger partial charge in [-0.15, -0.1) is 0 Å². The minimum atomic E-state index is -3.49. The minimum Gasteiger partial charge on any atom is -0.392 e. The van der Waals surface area contributed by atoms with Crippen LogP contribution in [0, 0.1) is 6.92 Å². The molecule has 1 aliphatic carbocycles. The second kappa shape index (κ2) is 8.54. The second-order valence-corrected chi connectivity index (χ2v) is 9.61. The van der Waals surface area contributed by atoms with Gasteiger partial charge in [-0.1, -0.05) is 22.8 Å². The zero-order chi connectivity index (χ0) is 20.3. The maximum atomic E-state index is 12.8. The normalized spacial score (nSPS) is 15.6. The first kappa shape index (κ1) is 20.7. The summed E-state index contributed by atoms with van der Waals surface area (Å²) in [6.07, 6.45) is 4.89. The van der Waals surface area contributed by atoms with Gasteiger partial charge in [0.15, 0.2) is 15.5 Å². The number of aryl methyl sites for hydroxylation is 1. The summed E-state index contributed by atoms with van der Waals surface area (Å²) in [7, 11) is -3.49. The van der Waals surface area contributed by atoms with Crippen LogP contribution in [-0.2, 0) is 19.5 Å². The van der Waals surface area contributed by atoms with E-state index in [9.17, 15) is 13.2 Å². The van der Waals surface area contributed by atoms with Crippen molar-refractivity contribution in [3.8, 4) is 0 Å². The Labute approximate surface area is 172 Å². The molecule has 0 unspecified atom stereocenters. The van der Waals surface area contributed by atoms with Crippen LogP contribution >= 0.6 is 23.1 Å². The highest BCUT2D eigenvalue weighted by Gasteiger charge is 2.22. The number of aromatic nitrogens is 2. The summed E-state index contributed by atoms with van der Waals surface area (Å²) in [5.74, 6) is -0.00105. The number of anilines is 1. The molecule has 0 atom stereocenters. The average molecular weight is 443 g/mol. The third-order valence-corrected chi connectivity index (χ3v) is 6.46. The summed E-state index contributed by atoms with van der Waals surface area (Å²) in [5, 5.41) is 7.04. The quantitative estimate of drug-likeness (QED) is 0.543. The van der Waals surface area contributed by atoms with Gasteiger partial charge < -0.3 is 4.84 Å². The van der Waals surface area contributed by atoms with E-state index < -0.39 is 15.7 Å². The van der Waals surface area contributed by atoms with Gasteiger partial charge in [-0.3, -0.25) is 10.1 Å². The van der Waals surface area contributed by atoms with Gasteiger partial charge in [0.05, 0.1) is 9.92 Å². The zero-order valence-corrected chi connectivity index (χ0v) is 17.7. The summed E-state index contributed by atoms with van der Waals surface area (Å²) in [4.78, 5) is 22.4. The molecule has 0 aliphatic heterocycles. The van der Waals surface area contributed by atoms with Crippen LogP contribution in [0.1, 0.15) is 37.1 Å². The molecule has 2 aromatic rings. The molecule has 3 rings (SSSR count). The first-order valence-corrected chi connectivity index (χ1v) is 11.6. The fourth-order valence-electron chi connectivity index (χ4n) is 2.80. The number of nitrogens with zero attached hydrogens (tertiary/aromatic N) is 3. The Kier molecular flexibility index (Phi) is 6.31. The van der Waals surface area contributed by atoms with Gasteiger partial charge >= 0.3 is 0 Å². The molecule has 0 bridgehead atoms. The second-order valence-electron chi connectivity index (χ2n) is 6.47. The number of hydrogen-bond donors (Lipinski definition) is 1. The molecular formula is C17H19ClN4O4S2. The highest BCUT2D eigenvalue weighted by atomic mass is 35.5. The molecule has 28 heavy (non-hydrogen) atoms. The molecule has 0 radical (unpaired) electrons. The van der Waals surface area contributed by atoms with Gasteiger partial charge in [0.25, 0.3) is 5.91 Å². The molecule has 1 N–H and O–H groups in total. The number of carbonyl (C=O) groups is 1. The van der Waals surface area contributed by atoms with E-state index in [1.807, 2.05) is 0 Å². The summed E-state index contributed by atoms with van der Waals surface area (Å²) >= 11 is 7.18. The third-order valence-electron chi connectivity index (χ3n) is 4.16. The van der Waals surface area contributed by atoms with Crippen molar-refractivity contribution in [2.45, 2.75) is 43.6 Å². The summed E-state index contributed by atoms with van der Waals surface area (Å²) in [6, 6.07) is 4.21. The summed E-state index contributed by atoms with van der Waals surface area (Å²) in [5.41, 5.74) is 0.329. The minimum absolute atomic E-state index is 0.00752. The predicted octanol–water partition coefficient (Wildman–Crippen LogP) is 3.21. The lowest BCUT2D eigenvalue weighted by atomic mass is 10.1. The number of carbonyl (C=O) groups excluding carboxylic acids is 1. The van der Waals surface area contributed by atoms with Gasteiger partial charge in [-0.05, 0) is 44.7 Å². The molecule has 1 saturated carbocycles. The van der Waals surface area contributed by atoms with Crippen LogP contribution < -0.4 is 5.32 Å². The Hall–Kier alpha value is -2.04. The molecule has 1 aliphatic rings. The highest BCUT2D eigenvalue weighted by Crippen LogP contribution is 2.25. The van der Waals surface area contributed by atoms with E-state index in [4.69, 9.17) is 16.4 Å². The number of hydrogen-bond acceptors (Lipinski definition) is 8. The van der Waals surface area contributed by atoms with E-state index >= 15 is 0 Å². The maximum Gasteiger partial charge on any atom is 0.280 e. The van der Waals surface area contributed by atoms with Crippen molar-refractivity contribution in [2.75, 3.05) is 11.6 Å². The molecular weight excluding hydrogens is 424 g/mol. The zero-order valence-electron chi connectivity index (χ0n) is 15.3. The van der Waals surface area contributed by atoms with Crippen LogP contribution in [0.25, 0.3) is 0 Å². The highest BCUT2D eigenvalue weighted by molar-refractivity contribution is 7.90. The number of amides is 1. The Morgan fingerprint density at radius 2 is 2.07 bits per heavy atom. The van der Waals surface area contributed by atoms with Crippen LogP contribution in [0.15, 0.2) is 28.3 Å². The molecule has 1 amide bonds. The average Bonchev–Trinajstić information content (AvgIpc) is 3.26. The number of nitrogens with one attached hydrogen (secondary N) is 1. The van der Waals surface area contributed by atoms with E-state index in [1.54, 1.807) is 6.92 Å². The molecule has 1 aromatic heterocycles. The molecule has 1 aromatic carbocycles. The van der Waals surface area contributed by atoms with E-state index in [0.29, 0.717) is 16.5 Å². The van der Waals surface area contributed by atoms with Gasteiger partial charge in [0.1, 0.15) is 11.9 Å². The molecule has 11 heteroatoms. The number of rotatable bonds is 6. The topological polar surface area (TPSA) is 111 Å². The Morgan fingerprint density at radius 1 is 1.36 bits per heavy atom. The smallest absolute Gasteiger partial charge is 0.280 e. The third kappa shape index (κ3) is 5.06. The van der Waals surface area contributed by atoms with Crippen LogP contribution in [0.3, 0.4) is 0 Å². The van der Waals surface area contributed by atoms with Crippen molar-refractivity contribution in [2.24, 2.45) is 5.16 Å². The van der Waals surface area contributed by atoms with Crippen molar-refractivity contribution in [1.29, 1.82) is 0 Å². The SMILES string of the molecule is Cc1nsc(NC(=O)C(=NOC2CCCC2)c2ccc(S(C)(=O)=O)c(Cl)c2)n1. The van der Waals surface area contributed by atoms with Crippen molar-refractivity contribution in [3.05, 3.63) is 34.6 Å². The Bertz CT molecular complexity index is 1010. The van der Waals surface area contributed by atoms with E-state index in [2.05, 4.69) is 19.8 Å². The van der Waals surface area contributed by atoms with Crippen LogP contribution in [0.2, 0.25) is 5.02 Å². The lowest BCUT2D eigenvalue weighted by Crippen LogP contribution is -2.25. The standard InChI is InChI=1S/C17H19ClN4O4S2/c1-10-19-17(27-22-10)20-16(23)15(21-26-12-5-3-4-6-12)11-7-8-14(13(18)9-11)28(2,24)25/h7-9,12H,3-6H2,1-2H3,(H,19,20,22,23). The molecule has 0 saturated heterocycles. The van der Waals surface area contributed by atoms with Gasteiger partial charge in [0, 0.05) is 23.4 Å². The van der Waals surface area contributed by atoms with Crippen molar-refractivity contribution in [1.82, 2.24) is 9.36 Å². The number of halogens is 1. The van der Waals surface area contributed by atoms with Crippen molar-refractivity contribution in [3.63, 3.8) is 0 Å². The Balaban J connectivity index is 1.92. The largest absolute Gasteiger partial charge is 0.392 e. The molecule has 1 fully saturated rings. The predicted molar refractivity (Wildman–Crippen MR) is 108 cm³/mol. The number of oxime groups is 1. The Morgan fingerprint density at radius 3 is 2.64 bits per heavy atom. The van der Waals surface area contributed by atoms with Gasteiger partial charge in [-0.25, -0.2) is 13.4 Å².